The van der Waals surface area contributed by atoms with Gasteiger partial charge in [-0.15, -0.1) is 0 Å². The average molecular weight is 391 g/mol. The van der Waals surface area contributed by atoms with Crippen molar-refractivity contribution in [1.82, 2.24) is 14.9 Å². The molecule has 1 aliphatic heterocycles. The minimum Gasteiger partial charge on any atom is -0.494 e. The number of amides is 1. The van der Waals surface area contributed by atoms with Crippen LogP contribution >= 0.6 is 0 Å². The quantitative estimate of drug-likeness (QED) is 0.640. The molecular formula is C23H25N3O3. The first-order valence-electron chi connectivity index (χ1n) is 9.91. The summed E-state index contributed by atoms with van der Waals surface area (Å²) in [5, 5.41) is 0.883. The summed E-state index contributed by atoms with van der Waals surface area (Å²) in [7, 11) is 1.63. The molecule has 3 heterocycles. The third kappa shape index (κ3) is 4.22. The highest BCUT2D eigenvalue weighted by Crippen LogP contribution is 2.26. The molecule has 3 aromatic rings. The van der Waals surface area contributed by atoms with Crippen molar-refractivity contribution in [3.05, 3.63) is 65.6 Å². The fraction of sp³-hybridized carbons (Fsp3) is 0.348. The van der Waals surface area contributed by atoms with Crippen LogP contribution in [0.2, 0.25) is 0 Å². The van der Waals surface area contributed by atoms with E-state index in [1.54, 1.807) is 13.3 Å². The minimum absolute atomic E-state index is 0.0547. The van der Waals surface area contributed by atoms with E-state index in [0.29, 0.717) is 30.1 Å². The van der Waals surface area contributed by atoms with Crippen molar-refractivity contribution in [1.29, 1.82) is 0 Å². The van der Waals surface area contributed by atoms with Crippen molar-refractivity contribution in [2.45, 2.75) is 32.4 Å². The summed E-state index contributed by atoms with van der Waals surface area (Å²) in [6.07, 6.45) is 3.82. The number of pyridine rings is 2. The molecule has 0 aliphatic carbocycles. The summed E-state index contributed by atoms with van der Waals surface area (Å²) < 4.78 is 11.2. The van der Waals surface area contributed by atoms with Gasteiger partial charge in [-0.05, 0) is 44.0 Å². The number of benzene rings is 1. The zero-order valence-electron chi connectivity index (χ0n) is 16.8. The van der Waals surface area contributed by atoms with Gasteiger partial charge in [0.15, 0.2) is 0 Å². The van der Waals surface area contributed by atoms with Gasteiger partial charge in [0.2, 0.25) is 0 Å². The zero-order valence-corrected chi connectivity index (χ0v) is 16.8. The van der Waals surface area contributed by atoms with Gasteiger partial charge in [0, 0.05) is 24.7 Å². The van der Waals surface area contributed by atoms with Crippen LogP contribution in [0.3, 0.4) is 0 Å². The highest BCUT2D eigenvalue weighted by Gasteiger charge is 2.25. The number of hydrogen-bond acceptors (Lipinski definition) is 5. The fourth-order valence-corrected chi connectivity index (χ4v) is 3.76. The number of hydrogen-bond donors (Lipinski definition) is 0. The van der Waals surface area contributed by atoms with Crippen molar-refractivity contribution in [2.24, 2.45) is 0 Å². The monoisotopic (exact) mass is 391 g/mol. The zero-order chi connectivity index (χ0) is 20.2. The van der Waals surface area contributed by atoms with Crippen molar-refractivity contribution in [3.8, 4) is 5.75 Å². The van der Waals surface area contributed by atoms with Gasteiger partial charge in [-0.3, -0.25) is 9.78 Å². The fourth-order valence-electron chi connectivity index (χ4n) is 3.76. The van der Waals surface area contributed by atoms with Crippen molar-refractivity contribution in [2.75, 3.05) is 20.3 Å². The predicted molar refractivity (Wildman–Crippen MR) is 111 cm³/mol. The van der Waals surface area contributed by atoms with Gasteiger partial charge in [-0.1, -0.05) is 18.2 Å². The third-order valence-corrected chi connectivity index (χ3v) is 5.26. The van der Waals surface area contributed by atoms with Crippen LogP contribution in [0.5, 0.6) is 5.75 Å². The molecule has 0 unspecified atom stereocenters. The number of aryl methyl sites for hydroxylation is 1. The van der Waals surface area contributed by atoms with Crippen LogP contribution in [0.25, 0.3) is 10.9 Å². The molecule has 150 valence electrons. The van der Waals surface area contributed by atoms with Gasteiger partial charge >= 0.3 is 0 Å². The van der Waals surface area contributed by atoms with E-state index in [1.165, 1.54) is 0 Å². The number of aromatic nitrogens is 2. The number of carbonyl (C=O) groups excluding carboxylic acids is 1. The highest BCUT2D eigenvalue weighted by atomic mass is 16.5. The van der Waals surface area contributed by atoms with E-state index in [-0.39, 0.29) is 12.0 Å². The number of para-hydroxylation sites is 1. The first kappa shape index (κ1) is 19.3. The summed E-state index contributed by atoms with van der Waals surface area (Å²) in [4.78, 5) is 24.4. The number of nitrogens with zero attached hydrogens (tertiary/aromatic N) is 3. The van der Waals surface area contributed by atoms with Crippen LogP contribution in [0.15, 0.2) is 48.7 Å². The number of methoxy groups -OCH3 is 1. The summed E-state index contributed by atoms with van der Waals surface area (Å²) >= 11 is 0. The Morgan fingerprint density at radius 2 is 2.17 bits per heavy atom. The molecule has 29 heavy (non-hydrogen) atoms. The number of fused-ring (bicyclic) bond motifs is 1. The van der Waals surface area contributed by atoms with E-state index in [0.717, 1.165) is 36.0 Å². The van der Waals surface area contributed by atoms with E-state index < -0.39 is 0 Å². The Labute approximate surface area is 170 Å². The molecule has 0 N–H and O–H groups in total. The number of ether oxygens (including phenoxy) is 2. The molecule has 1 fully saturated rings. The first-order valence-corrected chi connectivity index (χ1v) is 9.91. The van der Waals surface area contributed by atoms with E-state index in [9.17, 15) is 4.79 Å². The van der Waals surface area contributed by atoms with Crippen LogP contribution in [-0.2, 0) is 11.3 Å². The standard InChI is InChI=1S/C23H25N3O3/c1-16-20(13-17-7-5-10-21(28-2)22(17)25-16)23(27)26(15-19-9-6-12-29-19)14-18-8-3-4-11-24-18/h3-5,7-8,10-11,13,19H,6,9,12,14-15H2,1-2H3/t19-/m0/s1. The lowest BCUT2D eigenvalue weighted by atomic mass is 10.1. The Balaban J connectivity index is 1.68. The molecule has 1 amide bonds. The van der Waals surface area contributed by atoms with E-state index in [4.69, 9.17) is 9.47 Å². The molecule has 1 aliphatic rings. The summed E-state index contributed by atoms with van der Waals surface area (Å²) in [6, 6.07) is 13.4. The Bertz CT molecular complexity index is 1000. The molecular weight excluding hydrogens is 366 g/mol. The third-order valence-electron chi connectivity index (χ3n) is 5.26. The largest absolute Gasteiger partial charge is 0.494 e. The van der Waals surface area contributed by atoms with Gasteiger partial charge in [-0.25, -0.2) is 4.98 Å². The Morgan fingerprint density at radius 3 is 2.90 bits per heavy atom. The lowest BCUT2D eigenvalue weighted by molar-refractivity contribution is 0.0503. The summed E-state index contributed by atoms with van der Waals surface area (Å²) in [5.74, 6) is 0.648. The van der Waals surface area contributed by atoms with E-state index in [1.807, 2.05) is 54.3 Å². The van der Waals surface area contributed by atoms with Crippen LogP contribution in [-0.4, -0.2) is 47.1 Å². The second-order valence-electron chi connectivity index (χ2n) is 7.30. The topological polar surface area (TPSA) is 64.5 Å². The second-order valence-corrected chi connectivity index (χ2v) is 7.30. The van der Waals surface area contributed by atoms with Crippen molar-refractivity contribution < 1.29 is 14.3 Å². The molecule has 6 nitrogen and oxygen atoms in total. The summed E-state index contributed by atoms with van der Waals surface area (Å²) in [6.45, 7) is 3.61. The predicted octanol–water partition coefficient (Wildman–Crippen LogP) is 3.77. The molecule has 4 rings (SSSR count). The van der Waals surface area contributed by atoms with Gasteiger partial charge < -0.3 is 14.4 Å². The van der Waals surface area contributed by atoms with Crippen LogP contribution in [0.1, 0.15) is 34.6 Å². The maximum Gasteiger partial charge on any atom is 0.256 e. The Hall–Kier alpha value is -2.99. The Kier molecular flexibility index (Phi) is 5.71. The SMILES string of the molecule is COc1cccc2cc(C(=O)N(Cc3ccccn3)C[C@@H]3CCCO3)c(C)nc12. The highest BCUT2D eigenvalue weighted by molar-refractivity contribution is 5.99. The molecule has 1 atom stereocenters. The van der Waals surface area contributed by atoms with Crippen LogP contribution < -0.4 is 4.74 Å². The molecule has 6 heteroatoms. The lowest BCUT2D eigenvalue weighted by Gasteiger charge is -2.26. The first-order chi connectivity index (χ1) is 14.2. The molecule has 0 radical (unpaired) electrons. The molecule has 1 saturated heterocycles. The number of carbonyl (C=O) groups is 1. The van der Waals surface area contributed by atoms with Gasteiger partial charge in [0.05, 0.1) is 36.7 Å². The van der Waals surface area contributed by atoms with Crippen molar-refractivity contribution >= 4 is 16.8 Å². The maximum atomic E-state index is 13.5. The molecule has 0 bridgehead atoms. The van der Waals surface area contributed by atoms with E-state index in [2.05, 4.69) is 9.97 Å². The summed E-state index contributed by atoms with van der Waals surface area (Å²) in [5.41, 5.74) is 2.90. The molecule has 0 saturated carbocycles. The maximum absolute atomic E-state index is 13.5. The molecule has 1 aromatic carbocycles. The van der Waals surface area contributed by atoms with Crippen LogP contribution in [0, 0.1) is 6.92 Å². The number of rotatable bonds is 6. The minimum atomic E-state index is -0.0547. The van der Waals surface area contributed by atoms with Gasteiger partial charge in [0.25, 0.3) is 5.91 Å². The van der Waals surface area contributed by atoms with Crippen molar-refractivity contribution in [3.63, 3.8) is 0 Å². The average Bonchev–Trinajstić information content (AvgIpc) is 3.26. The van der Waals surface area contributed by atoms with E-state index >= 15 is 0 Å². The normalized spacial score (nSPS) is 16.1. The van der Waals surface area contributed by atoms with Gasteiger partial charge in [-0.2, -0.15) is 0 Å². The molecule has 2 aromatic heterocycles. The lowest BCUT2D eigenvalue weighted by Crippen LogP contribution is -2.37. The Morgan fingerprint density at radius 1 is 1.28 bits per heavy atom. The molecule has 0 spiro atoms. The smallest absolute Gasteiger partial charge is 0.256 e. The van der Waals surface area contributed by atoms with Crippen LogP contribution in [0.4, 0.5) is 0 Å². The second kappa shape index (κ2) is 8.57. The van der Waals surface area contributed by atoms with Gasteiger partial charge in [0.1, 0.15) is 11.3 Å².